The van der Waals surface area contributed by atoms with Crippen LogP contribution in [0.2, 0.25) is 0 Å². The summed E-state index contributed by atoms with van der Waals surface area (Å²) in [4.78, 5) is 4.25. The predicted molar refractivity (Wildman–Crippen MR) is 105 cm³/mol. The number of methoxy groups -OCH3 is 1. The molecule has 0 amide bonds. The van der Waals surface area contributed by atoms with Crippen LogP contribution < -0.4 is 10.6 Å². The number of halogens is 1. The Labute approximate surface area is 158 Å². The summed E-state index contributed by atoms with van der Waals surface area (Å²) in [6.07, 6.45) is 5.13. The van der Waals surface area contributed by atoms with E-state index in [1.165, 1.54) is 6.42 Å². The van der Waals surface area contributed by atoms with Crippen molar-refractivity contribution < 1.29 is 14.2 Å². The molecule has 0 unspecified atom stereocenters. The second-order valence-corrected chi connectivity index (χ2v) is 5.67. The van der Waals surface area contributed by atoms with Crippen molar-refractivity contribution in [3.63, 3.8) is 0 Å². The molecule has 138 valence electrons. The molecule has 0 saturated carbocycles. The topological polar surface area (TPSA) is 64.1 Å². The van der Waals surface area contributed by atoms with Crippen LogP contribution in [0.15, 0.2) is 4.99 Å². The average Bonchev–Trinajstić information content (AvgIpc) is 2.57. The molecule has 1 rings (SSSR count). The molecule has 0 aromatic heterocycles. The van der Waals surface area contributed by atoms with Crippen molar-refractivity contribution in [2.24, 2.45) is 4.99 Å². The van der Waals surface area contributed by atoms with Crippen LogP contribution in [0, 0.1) is 0 Å². The number of hydrogen-bond acceptors (Lipinski definition) is 4. The molecule has 1 aliphatic rings. The van der Waals surface area contributed by atoms with Gasteiger partial charge in [0.1, 0.15) is 0 Å². The fourth-order valence-corrected chi connectivity index (χ4v) is 2.39. The Morgan fingerprint density at radius 3 is 2.48 bits per heavy atom. The molecule has 1 fully saturated rings. The SMILES string of the molecule is CCCCOCCCNC(=NC)NCC1(OC)CCOCC1.I. The molecule has 0 spiro atoms. The second-order valence-electron chi connectivity index (χ2n) is 5.67. The largest absolute Gasteiger partial charge is 0.381 e. The van der Waals surface area contributed by atoms with Gasteiger partial charge in [-0.2, -0.15) is 0 Å². The van der Waals surface area contributed by atoms with E-state index in [0.29, 0.717) is 0 Å². The smallest absolute Gasteiger partial charge is 0.191 e. The molecule has 0 bridgehead atoms. The Balaban J connectivity index is 0.00000484. The lowest BCUT2D eigenvalue weighted by Crippen LogP contribution is -2.50. The highest BCUT2D eigenvalue weighted by molar-refractivity contribution is 14.0. The first kappa shape index (κ1) is 22.9. The van der Waals surface area contributed by atoms with E-state index in [4.69, 9.17) is 14.2 Å². The number of unbranched alkanes of at least 4 members (excludes halogenated alkanes) is 1. The summed E-state index contributed by atoms with van der Waals surface area (Å²) in [6, 6.07) is 0. The first-order valence-corrected chi connectivity index (χ1v) is 8.41. The predicted octanol–water partition coefficient (Wildman–Crippen LogP) is 2.17. The van der Waals surface area contributed by atoms with E-state index in [1.807, 2.05) is 0 Å². The lowest BCUT2D eigenvalue weighted by molar-refractivity contribution is -0.0855. The van der Waals surface area contributed by atoms with E-state index in [2.05, 4.69) is 22.5 Å². The summed E-state index contributed by atoms with van der Waals surface area (Å²) in [5.74, 6) is 0.816. The second kappa shape index (κ2) is 14.2. The van der Waals surface area contributed by atoms with Gasteiger partial charge in [0.15, 0.2) is 5.96 Å². The van der Waals surface area contributed by atoms with Gasteiger partial charge in [-0.15, -0.1) is 24.0 Å². The van der Waals surface area contributed by atoms with Crippen molar-refractivity contribution in [3.05, 3.63) is 0 Å². The van der Waals surface area contributed by atoms with Crippen LogP contribution in [-0.4, -0.2) is 65.2 Å². The summed E-state index contributed by atoms with van der Waals surface area (Å²) in [7, 11) is 3.56. The van der Waals surface area contributed by atoms with Crippen LogP contribution in [-0.2, 0) is 14.2 Å². The quantitative estimate of drug-likeness (QED) is 0.235. The van der Waals surface area contributed by atoms with E-state index < -0.39 is 0 Å². The number of hydrogen-bond donors (Lipinski definition) is 2. The van der Waals surface area contributed by atoms with Crippen molar-refractivity contribution in [2.45, 2.75) is 44.6 Å². The Kier molecular flexibility index (Phi) is 14.2. The zero-order chi connectivity index (χ0) is 16.1. The number of aliphatic imine (C=N–C) groups is 1. The fraction of sp³-hybridized carbons (Fsp3) is 0.938. The molecule has 0 atom stereocenters. The van der Waals surface area contributed by atoms with Gasteiger partial charge < -0.3 is 24.8 Å². The summed E-state index contributed by atoms with van der Waals surface area (Å²) in [5.41, 5.74) is -0.140. The Bertz CT molecular complexity index is 311. The highest BCUT2D eigenvalue weighted by Gasteiger charge is 2.32. The third-order valence-corrected chi connectivity index (χ3v) is 4.04. The molecule has 0 aliphatic carbocycles. The molecular weight excluding hydrogens is 409 g/mol. The number of ether oxygens (including phenoxy) is 3. The summed E-state index contributed by atoms with van der Waals surface area (Å²) in [6.45, 7) is 6.96. The average molecular weight is 443 g/mol. The highest BCUT2D eigenvalue weighted by atomic mass is 127. The normalized spacial score (nSPS) is 17.4. The first-order valence-electron chi connectivity index (χ1n) is 8.41. The van der Waals surface area contributed by atoms with Gasteiger partial charge in [0.25, 0.3) is 0 Å². The van der Waals surface area contributed by atoms with Crippen molar-refractivity contribution in [1.29, 1.82) is 0 Å². The standard InChI is InChI=1S/C16H33N3O3.HI/c1-4-5-10-21-11-6-9-18-15(17-2)19-14-16(20-3)7-12-22-13-8-16;/h4-14H2,1-3H3,(H2,17,18,19);1H. The molecular formula is C16H34IN3O3. The molecule has 0 aromatic rings. The van der Waals surface area contributed by atoms with E-state index in [1.54, 1.807) is 14.2 Å². The lowest BCUT2D eigenvalue weighted by Gasteiger charge is -2.36. The van der Waals surface area contributed by atoms with E-state index >= 15 is 0 Å². The van der Waals surface area contributed by atoms with Gasteiger partial charge in [0.05, 0.1) is 5.60 Å². The van der Waals surface area contributed by atoms with Crippen molar-refractivity contribution >= 4 is 29.9 Å². The van der Waals surface area contributed by atoms with Gasteiger partial charge >= 0.3 is 0 Å². The van der Waals surface area contributed by atoms with Crippen LogP contribution in [0.1, 0.15) is 39.0 Å². The molecule has 1 saturated heterocycles. The Morgan fingerprint density at radius 2 is 1.87 bits per heavy atom. The fourth-order valence-electron chi connectivity index (χ4n) is 2.39. The Hall–Kier alpha value is -0.120. The Morgan fingerprint density at radius 1 is 1.17 bits per heavy atom. The van der Waals surface area contributed by atoms with Crippen LogP contribution in [0.3, 0.4) is 0 Å². The summed E-state index contributed by atoms with van der Waals surface area (Å²) >= 11 is 0. The number of rotatable bonds is 10. The number of guanidine groups is 1. The van der Waals surface area contributed by atoms with Crippen LogP contribution >= 0.6 is 24.0 Å². The van der Waals surface area contributed by atoms with Gasteiger partial charge in [-0.25, -0.2) is 0 Å². The molecule has 7 heteroatoms. The molecule has 0 aromatic carbocycles. The monoisotopic (exact) mass is 443 g/mol. The maximum absolute atomic E-state index is 5.71. The zero-order valence-electron chi connectivity index (χ0n) is 14.9. The highest BCUT2D eigenvalue weighted by Crippen LogP contribution is 2.23. The molecule has 6 nitrogen and oxygen atoms in total. The van der Waals surface area contributed by atoms with Gasteiger partial charge in [0, 0.05) is 66.5 Å². The number of nitrogens with zero attached hydrogens (tertiary/aromatic N) is 1. The lowest BCUT2D eigenvalue weighted by atomic mass is 9.94. The van der Waals surface area contributed by atoms with Crippen LogP contribution in [0.4, 0.5) is 0 Å². The third kappa shape index (κ3) is 9.69. The maximum atomic E-state index is 5.71. The van der Waals surface area contributed by atoms with E-state index in [-0.39, 0.29) is 29.6 Å². The maximum Gasteiger partial charge on any atom is 0.191 e. The summed E-state index contributed by atoms with van der Waals surface area (Å²) in [5, 5.41) is 6.67. The van der Waals surface area contributed by atoms with Gasteiger partial charge in [-0.3, -0.25) is 4.99 Å². The molecule has 23 heavy (non-hydrogen) atoms. The van der Waals surface area contributed by atoms with E-state index in [0.717, 1.165) is 71.2 Å². The van der Waals surface area contributed by atoms with Crippen molar-refractivity contribution in [1.82, 2.24) is 10.6 Å². The molecule has 1 aliphatic heterocycles. The molecule has 1 heterocycles. The zero-order valence-corrected chi connectivity index (χ0v) is 17.2. The van der Waals surface area contributed by atoms with Gasteiger partial charge in [0.2, 0.25) is 0 Å². The number of nitrogens with one attached hydrogen (secondary N) is 2. The van der Waals surface area contributed by atoms with Gasteiger partial charge in [-0.1, -0.05) is 13.3 Å². The van der Waals surface area contributed by atoms with E-state index in [9.17, 15) is 0 Å². The molecule has 0 radical (unpaired) electrons. The molecule has 2 N–H and O–H groups in total. The minimum atomic E-state index is -0.140. The van der Waals surface area contributed by atoms with Crippen molar-refractivity contribution in [2.75, 3.05) is 53.7 Å². The van der Waals surface area contributed by atoms with Crippen molar-refractivity contribution in [3.8, 4) is 0 Å². The minimum Gasteiger partial charge on any atom is -0.381 e. The van der Waals surface area contributed by atoms with Gasteiger partial charge in [-0.05, 0) is 12.8 Å². The first-order chi connectivity index (χ1) is 10.8. The van der Waals surface area contributed by atoms with Crippen LogP contribution in [0.5, 0.6) is 0 Å². The minimum absolute atomic E-state index is 0. The van der Waals surface area contributed by atoms with Crippen LogP contribution in [0.25, 0.3) is 0 Å². The summed E-state index contributed by atoms with van der Waals surface area (Å²) < 4.78 is 16.7. The third-order valence-electron chi connectivity index (χ3n) is 4.04.